The van der Waals surface area contributed by atoms with Gasteiger partial charge in [-0.3, -0.25) is 4.79 Å². The number of benzene rings is 1. The quantitative estimate of drug-likeness (QED) is 0.825. The molecule has 0 fully saturated rings. The molecule has 0 aliphatic heterocycles. The van der Waals surface area contributed by atoms with Crippen LogP contribution in [-0.2, 0) is 0 Å². The van der Waals surface area contributed by atoms with Crippen LogP contribution >= 0.6 is 0 Å². The van der Waals surface area contributed by atoms with E-state index in [9.17, 15) is 4.79 Å². The van der Waals surface area contributed by atoms with Crippen LogP contribution in [0.1, 0.15) is 10.4 Å². The highest BCUT2D eigenvalue weighted by atomic mass is 16.2. The number of carbonyl (C=O) groups is 1. The van der Waals surface area contributed by atoms with Crippen molar-refractivity contribution in [2.45, 2.75) is 0 Å². The summed E-state index contributed by atoms with van der Waals surface area (Å²) in [5.41, 5.74) is 1.32. The van der Waals surface area contributed by atoms with Crippen LogP contribution in [-0.4, -0.2) is 28.9 Å². The molecule has 0 atom stereocenters. The predicted molar refractivity (Wildman–Crippen MR) is 65.4 cm³/mol. The zero-order valence-electron chi connectivity index (χ0n) is 9.55. The number of carbonyl (C=O) groups excluding carboxylic acids is 1. The van der Waals surface area contributed by atoms with E-state index in [1.807, 2.05) is 24.3 Å². The van der Waals surface area contributed by atoms with E-state index in [1.54, 1.807) is 18.3 Å². The first kappa shape index (κ1) is 11.7. The lowest BCUT2D eigenvalue weighted by Gasteiger charge is -2.15. The fourth-order valence-corrected chi connectivity index (χ4v) is 1.73. The average molecular weight is 238 g/mol. The van der Waals surface area contributed by atoms with Gasteiger partial charge in [0.05, 0.1) is 12.1 Å². The monoisotopic (exact) mass is 238 g/mol. The van der Waals surface area contributed by atoms with Crippen LogP contribution in [0.5, 0.6) is 0 Å². The molecule has 0 aliphatic rings. The van der Waals surface area contributed by atoms with E-state index in [0.717, 1.165) is 10.9 Å². The Morgan fingerprint density at radius 1 is 1.22 bits per heavy atom. The van der Waals surface area contributed by atoms with E-state index in [2.05, 4.69) is 4.98 Å². The second-order valence-electron chi connectivity index (χ2n) is 3.76. The highest BCUT2D eigenvalue weighted by Gasteiger charge is 2.15. The number of nitrogens with zero attached hydrogens (tertiary/aromatic N) is 3. The largest absolute Gasteiger partial charge is 0.361 e. The van der Waals surface area contributed by atoms with Crippen LogP contribution in [0.3, 0.4) is 0 Å². The maximum absolute atomic E-state index is 12.1. The maximum atomic E-state index is 12.1. The second kappa shape index (κ2) is 5.03. The number of hydrogen-bond donors (Lipinski definition) is 1. The molecule has 5 heteroatoms. The van der Waals surface area contributed by atoms with E-state index in [-0.39, 0.29) is 19.0 Å². The number of aromatic nitrogens is 1. The molecule has 0 radical (unpaired) electrons. The summed E-state index contributed by atoms with van der Waals surface area (Å²) in [6, 6.07) is 10.9. The Labute approximate surface area is 104 Å². The zero-order valence-corrected chi connectivity index (χ0v) is 9.55. The third-order valence-corrected chi connectivity index (χ3v) is 2.61. The molecule has 0 unspecified atom stereocenters. The molecular weight excluding hydrogens is 228 g/mol. The summed E-state index contributed by atoms with van der Waals surface area (Å²) in [6.07, 6.45) is 1.79. The van der Waals surface area contributed by atoms with Gasteiger partial charge in [0.15, 0.2) is 0 Å². The molecule has 2 rings (SSSR count). The lowest BCUT2D eigenvalue weighted by Crippen LogP contribution is -2.31. The van der Waals surface area contributed by atoms with Crippen LogP contribution < -0.4 is 0 Å². The summed E-state index contributed by atoms with van der Waals surface area (Å²) in [5.74, 6) is -0.311. The van der Waals surface area contributed by atoms with Crippen molar-refractivity contribution in [1.29, 1.82) is 10.5 Å². The Kier molecular flexibility index (Phi) is 3.26. The fourth-order valence-electron chi connectivity index (χ4n) is 1.73. The van der Waals surface area contributed by atoms with Crippen LogP contribution in [0.15, 0.2) is 30.5 Å². The molecule has 1 heterocycles. The van der Waals surface area contributed by atoms with E-state index in [1.165, 1.54) is 4.90 Å². The molecule has 0 saturated carbocycles. The Hall–Kier alpha value is -2.79. The van der Waals surface area contributed by atoms with E-state index >= 15 is 0 Å². The molecule has 1 amide bonds. The van der Waals surface area contributed by atoms with Crippen molar-refractivity contribution in [3.8, 4) is 12.1 Å². The molecule has 18 heavy (non-hydrogen) atoms. The highest BCUT2D eigenvalue weighted by molar-refractivity contribution is 5.98. The Morgan fingerprint density at radius 2 is 1.94 bits per heavy atom. The summed E-state index contributed by atoms with van der Waals surface area (Å²) >= 11 is 0. The van der Waals surface area contributed by atoms with Gasteiger partial charge >= 0.3 is 0 Å². The van der Waals surface area contributed by atoms with E-state index in [4.69, 9.17) is 10.5 Å². The van der Waals surface area contributed by atoms with Crippen molar-refractivity contribution < 1.29 is 4.79 Å². The van der Waals surface area contributed by atoms with Gasteiger partial charge in [0, 0.05) is 17.3 Å². The topological polar surface area (TPSA) is 83.7 Å². The molecule has 5 nitrogen and oxygen atoms in total. The van der Waals surface area contributed by atoms with Crippen LogP contribution in [0.4, 0.5) is 0 Å². The third kappa shape index (κ3) is 2.16. The minimum Gasteiger partial charge on any atom is -0.361 e. The molecule has 0 saturated heterocycles. The van der Waals surface area contributed by atoms with Crippen molar-refractivity contribution in [3.05, 3.63) is 36.0 Å². The Balaban J connectivity index is 2.31. The number of fused-ring (bicyclic) bond motifs is 1. The van der Waals surface area contributed by atoms with Crippen molar-refractivity contribution in [3.63, 3.8) is 0 Å². The molecule has 1 aromatic carbocycles. The smallest absolute Gasteiger partial charge is 0.255 e. The van der Waals surface area contributed by atoms with Crippen molar-refractivity contribution >= 4 is 16.8 Å². The van der Waals surface area contributed by atoms with Gasteiger partial charge in [-0.25, -0.2) is 0 Å². The molecule has 0 aliphatic carbocycles. The van der Waals surface area contributed by atoms with Crippen molar-refractivity contribution in [2.24, 2.45) is 0 Å². The summed E-state index contributed by atoms with van der Waals surface area (Å²) in [5, 5.41) is 18.3. The fraction of sp³-hybridized carbons (Fsp3) is 0.154. The number of hydrogen-bond acceptors (Lipinski definition) is 3. The van der Waals surface area contributed by atoms with E-state index < -0.39 is 0 Å². The normalized spacial score (nSPS) is 9.67. The summed E-state index contributed by atoms with van der Waals surface area (Å²) in [7, 11) is 0. The first-order valence-corrected chi connectivity index (χ1v) is 5.36. The van der Waals surface area contributed by atoms with Gasteiger partial charge in [-0.1, -0.05) is 6.07 Å². The average Bonchev–Trinajstić information content (AvgIpc) is 2.84. The Bertz CT molecular complexity index is 643. The number of amides is 1. The van der Waals surface area contributed by atoms with Gasteiger partial charge in [0.25, 0.3) is 5.91 Å². The van der Waals surface area contributed by atoms with Gasteiger partial charge < -0.3 is 9.88 Å². The minimum absolute atomic E-state index is 0.0881. The lowest BCUT2D eigenvalue weighted by atomic mass is 10.1. The van der Waals surface area contributed by atoms with Gasteiger partial charge in [0.2, 0.25) is 0 Å². The number of nitriles is 2. The maximum Gasteiger partial charge on any atom is 0.255 e. The number of rotatable bonds is 3. The minimum atomic E-state index is -0.311. The SMILES string of the molecule is N#CCN(CC#N)C(=O)c1ccc2cc[nH]c2c1. The first-order valence-electron chi connectivity index (χ1n) is 5.36. The third-order valence-electron chi connectivity index (χ3n) is 2.61. The predicted octanol–water partition coefficient (Wildman–Crippen LogP) is 1.66. The van der Waals surface area contributed by atoms with Crippen molar-refractivity contribution in [2.75, 3.05) is 13.1 Å². The molecule has 2 aromatic rings. The molecule has 1 aromatic heterocycles. The molecule has 1 N–H and O–H groups in total. The van der Waals surface area contributed by atoms with Crippen LogP contribution in [0, 0.1) is 22.7 Å². The van der Waals surface area contributed by atoms with Gasteiger partial charge in [-0.05, 0) is 23.6 Å². The van der Waals surface area contributed by atoms with E-state index in [0.29, 0.717) is 5.56 Å². The molecule has 0 spiro atoms. The second-order valence-corrected chi connectivity index (χ2v) is 3.76. The number of H-pyrrole nitrogens is 1. The Morgan fingerprint density at radius 3 is 2.61 bits per heavy atom. The summed E-state index contributed by atoms with van der Waals surface area (Å²) in [4.78, 5) is 16.3. The van der Waals surface area contributed by atoms with Crippen molar-refractivity contribution in [1.82, 2.24) is 9.88 Å². The molecule has 88 valence electrons. The molecular formula is C13H10N4O. The van der Waals surface area contributed by atoms with Crippen LogP contribution in [0.25, 0.3) is 10.9 Å². The molecule has 0 bridgehead atoms. The number of aromatic amines is 1. The zero-order chi connectivity index (χ0) is 13.0. The number of nitrogens with one attached hydrogen (secondary N) is 1. The van der Waals surface area contributed by atoms with Crippen LogP contribution in [0.2, 0.25) is 0 Å². The summed E-state index contributed by atoms with van der Waals surface area (Å²) in [6.45, 7) is -0.176. The first-order chi connectivity index (χ1) is 8.76. The standard InChI is InChI=1S/C13H10N4O/c14-4-7-17(8-5-15)13(18)11-2-1-10-3-6-16-12(10)9-11/h1-3,6,9,16H,7-8H2. The van der Waals surface area contributed by atoms with Gasteiger partial charge in [0.1, 0.15) is 13.1 Å². The highest BCUT2D eigenvalue weighted by Crippen LogP contribution is 2.15. The lowest BCUT2D eigenvalue weighted by molar-refractivity contribution is 0.0795. The van der Waals surface area contributed by atoms with Gasteiger partial charge in [-0.2, -0.15) is 10.5 Å². The van der Waals surface area contributed by atoms with Gasteiger partial charge in [-0.15, -0.1) is 0 Å². The summed E-state index contributed by atoms with van der Waals surface area (Å²) < 4.78 is 0.